The number of nitrogens with one attached hydrogen (secondary N) is 1. The van der Waals surface area contributed by atoms with E-state index in [-0.39, 0.29) is 13.0 Å². The highest BCUT2D eigenvalue weighted by atomic mass is 35.5. The number of carbonyl (C=O) groups is 1. The van der Waals surface area contributed by atoms with Crippen LogP contribution >= 0.6 is 11.6 Å². The molecule has 0 aliphatic carbocycles. The molecule has 1 rings (SSSR count). The molecular weight excluding hydrogens is 204 g/mol. The van der Waals surface area contributed by atoms with Crippen molar-refractivity contribution in [1.29, 1.82) is 0 Å². The molecule has 0 aromatic carbocycles. The van der Waals surface area contributed by atoms with E-state index in [0.29, 0.717) is 12.8 Å². The molecule has 1 aliphatic heterocycles. The van der Waals surface area contributed by atoms with Crippen molar-refractivity contribution in [3.8, 4) is 0 Å². The SMILES string of the molecule is O=C(C1CCCC[NH+]1[O-])C(F)(F)Cl. The summed E-state index contributed by atoms with van der Waals surface area (Å²) in [6.45, 7) is 0.212. The van der Waals surface area contributed by atoms with Crippen molar-refractivity contribution in [2.75, 3.05) is 6.54 Å². The number of piperidine rings is 1. The molecule has 2 atom stereocenters. The van der Waals surface area contributed by atoms with Gasteiger partial charge in [0.05, 0.1) is 6.54 Å². The number of hydrogen-bond acceptors (Lipinski definition) is 2. The Morgan fingerprint density at radius 2 is 2.15 bits per heavy atom. The Bertz CT molecular complexity index is 207. The number of rotatable bonds is 2. The molecule has 1 aliphatic rings. The molecule has 1 heterocycles. The lowest BCUT2D eigenvalue weighted by atomic mass is 10.0. The molecule has 1 fully saturated rings. The van der Waals surface area contributed by atoms with E-state index < -0.39 is 22.3 Å². The van der Waals surface area contributed by atoms with Crippen molar-refractivity contribution in [2.45, 2.75) is 30.7 Å². The van der Waals surface area contributed by atoms with Gasteiger partial charge in [0.1, 0.15) is 0 Å². The Morgan fingerprint density at radius 1 is 1.54 bits per heavy atom. The van der Waals surface area contributed by atoms with E-state index in [2.05, 4.69) is 11.6 Å². The fraction of sp³-hybridized carbons (Fsp3) is 0.857. The van der Waals surface area contributed by atoms with Crippen LogP contribution in [0.25, 0.3) is 0 Å². The Kier molecular flexibility index (Phi) is 3.21. The zero-order valence-electron chi connectivity index (χ0n) is 6.86. The largest absolute Gasteiger partial charge is 0.634 e. The molecule has 0 amide bonds. The maximum atomic E-state index is 12.3. The van der Waals surface area contributed by atoms with Gasteiger partial charge in [0.2, 0.25) is 0 Å². The van der Waals surface area contributed by atoms with Gasteiger partial charge in [-0.05, 0) is 24.4 Å². The van der Waals surface area contributed by atoms with E-state index in [1.807, 2.05) is 0 Å². The normalized spacial score (nSPS) is 30.2. The summed E-state index contributed by atoms with van der Waals surface area (Å²) < 4.78 is 24.7. The molecule has 13 heavy (non-hydrogen) atoms. The van der Waals surface area contributed by atoms with Crippen LogP contribution in [0.3, 0.4) is 0 Å². The van der Waals surface area contributed by atoms with Gasteiger partial charge in [0.25, 0.3) is 5.78 Å². The summed E-state index contributed by atoms with van der Waals surface area (Å²) in [6, 6.07) is -1.18. The highest BCUT2D eigenvalue weighted by Crippen LogP contribution is 2.23. The van der Waals surface area contributed by atoms with Crippen molar-refractivity contribution in [3.05, 3.63) is 5.21 Å². The summed E-state index contributed by atoms with van der Waals surface area (Å²) in [5.74, 6) is -1.45. The number of alkyl halides is 3. The summed E-state index contributed by atoms with van der Waals surface area (Å²) in [6.07, 6.45) is 1.52. The molecule has 1 saturated heterocycles. The van der Waals surface area contributed by atoms with Crippen LogP contribution in [0.15, 0.2) is 0 Å². The number of quaternary nitrogens is 1. The minimum absolute atomic E-state index is 0.208. The van der Waals surface area contributed by atoms with E-state index >= 15 is 0 Å². The third kappa shape index (κ3) is 2.59. The summed E-state index contributed by atoms with van der Waals surface area (Å²) in [7, 11) is 0. The van der Waals surface area contributed by atoms with E-state index in [1.54, 1.807) is 0 Å². The Labute approximate surface area is 79.2 Å². The second-order valence-electron chi connectivity index (χ2n) is 3.13. The van der Waals surface area contributed by atoms with Gasteiger partial charge in [-0.2, -0.15) is 8.78 Å². The summed E-state index contributed by atoms with van der Waals surface area (Å²) in [5.41, 5.74) is 0. The predicted octanol–water partition coefficient (Wildman–Crippen LogP) is 0.322. The summed E-state index contributed by atoms with van der Waals surface area (Å²) in [5, 5.41) is 6.77. The lowest BCUT2D eigenvalue weighted by Gasteiger charge is -2.34. The number of hydroxylamine groups is 2. The molecular formula is C7H10ClF2NO2. The predicted molar refractivity (Wildman–Crippen MR) is 42.6 cm³/mol. The fourth-order valence-electron chi connectivity index (χ4n) is 1.46. The maximum Gasteiger partial charge on any atom is 0.386 e. The maximum absolute atomic E-state index is 12.3. The molecule has 0 aromatic rings. The topological polar surface area (TPSA) is 44.6 Å². The first kappa shape index (κ1) is 10.8. The highest BCUT2D eigenvalue weighted by molar-refractivity contribution is 6.33. The zero-order valence-corrected chi connectivity index (χ0v) is 7.61. The third-order valence-electron chi connectivity index (χ3n) is 2.15. The first-order chi connectivity index (χ1) is 5.93. The monoisotopic (exact) mass is 213 g/mol. The van der Waals surface area contributed by atoms with E-state index in [9.17, 15) is 18.8 Å². The van der Waals surface area contributed by atoms with Crippen molar-refractivity contribution in [2.24, 2.45) is 0 Å². The number of ketones is 1. The van der Waals surface area contributed by atoms with Crippen molar-refractivity contribution in [3.63, 3.8) is 0 Å². The van der Waals surface area contributed by atoms with E-state index in [4.69, 9.17) is 0 Å². The van der Waals surface area contributed by atoms with Crippen LogP contribution in [0.1, 0.15) is 19.3 Å². The Balaban J connectivity index is 2.64. The molecule has 2 unspecified atom stereocenters. The zero-order chi connectivity index (χ0) is 10.1. The molecule has 1 N–H and O–H groups in total. The number of Topliss-reactive ketones (excluding diaryl/α,β-unsaturated/α-hetero) is 1. The van der Waals surface area contributed by atoms with Crippen LogP contribution in [0.4, 0.5) is 8.78 Å². The molecule has 76 valence electrons. The average molecular weight is 214 g/mol. The minimum atomic E-state index is -3.89. The summed E-state index contributed by atoms with van der Waals surface area (Å²) in [4.78, 5) is 10.9. The molecule has 0 aromatic heterocycles. The molecule has 0 spiro atoms. The lowest BCUT2D eigenvalue weighted by Crippen LogP contribution is -3.13. The standard InChI is InChI=1S/C7H10ClF2NO2/c8-7(9,10)6(12)5-3-1-2-4-11(5)13/h5,11H,1-4H2. The van der Waals surface area contributed by atoms with Crippen molar-refractivity contribution >= 4 is 17.4 Å². The highest BCUT2D eigenvalue weighted by Gasteiger charge is 2.44. The van der Waals surface area contributed by atoms with E-state index in [0.717, 1.165) is 0 Å². The van der Waals surface area contributed by atoms with Crippen LogP contribution in [-0.2, 0) is 4.79 Å². The lowest BCUT2D eigenvalue weighted by molar-refractivity contribution is -0.871. The van der Waals surface area contributed by atoms with Crippen LogP contribution in [-0.4, -0.2) is 23.8 Å². The third-order valence-corrected chi connectivity index (χ3v) is 2.34. The Hall–Kier alpha value is -0.260. The molecule has 6 heteroatoms. The van der Waals surface area contributed by atoms with Gasteiger partial charge >= 0.3 is 5.38 Å². The second-order valence-corrected chi connectivity index (χ2v) is 3.60. The van der Waals surface area contributed by atoms with Gasteiger partial charge in [0.15, 0.2) is 6.04 Å². The van der Waals surface area contributed by atoms with Gasteiger partial charge < -0.3 is 10.3 Å². The minimum Gasteiger partial charge on any atom is -0.634 e. The molecule has 0 bridgehead atoms. The summed E-state index contributed by atoms with van der Waals surface area (Å²) >= 11 is 4.55. The van der Waals surface area contributed by atoms with Gasteiger partial charge in [-0.1, -0.05) is 0 Å². The Morgan fingerprint density at radius 3 is 2.62 bits per heavy atom. The first-order valence-corrected chi connectivity index (χ1v) is 4.44. The van der Waals surface area contributed by atoms with Gasteiger partial charge in [0, 0.05) is 6.42 Å². The average Bonchev–Trinajstić information content (AvgIpc) is 2.02. The second kappa shape index (κ2) is 3.86. The smallest absolute Gasteiger partial charge is 0.386 e. The first-order valence-electron chi connectivity index (χ1n) is 4.06. The molecule has 0 saturated carbocycles. The van der Waals surface area contributed by atoms with Gasteiger partial charge in [-0.25, -0.2) is 0 Å². The van der Waals surface area contributed by atoms with Gasteiger partial charge in [-0.3, -0.25) is 4.79 Å². The van der Waals surface area contributed by atoms with Crippen LogP contribution < -0.4 is 5.06 Å². The van der Waals surface area contributed by atoms with Crippen molar-refractivity contribution < 1.29 is 18.6 Å². The number of halogens is 3. The van der Waals surface area contributed by atoms with Crippen molar-refractivity contribution in [1.82, 2.24) is 0 Å². The molecule has 0 radical (unpaired) electrons. The van der Waals surface area contributed by atoms with Crippen LogP contribution in [0.2, 0.25) is 0 Å². The fourth-order valence-corrected chi connectivity index (χ4v) is 1.59. The van der Waals surface area contributed by atoms with E-state index in [1.165, 1.54) is 0 Å². The number of carbonyl (C=O) groups excluding carboxylic acids is 1. The quantitative estimate of drug-likeness (QED) is 0.531. The van der Waals surface area contributed by atoms with Crippen LogP contribution in [0, 0.1) is 5.21 Å². The molecule has 3 nitrogen and oxygen atoms in total. The number of hydrogen-bond donors (Lipinski definition) is 1. The van der Waals surface area contributed by atoms with Gasteiger partial charge in [-0.15, -0.1) is 0 Å². The van der Waals surface area contributed by atoms with Crippen LogP contribution in [0.5, 0.6) is 0 Å².